The van der Waals surface area contributed by atoms with Gasteiger partial charge in [-0.2, -0.15) is 8.78 Å². The molecule has 0 saturated heterocycles. The lowest BCUT2D eigenvalue weighted by Crippen LogP contribution is -2.08. The summed E-state index contributed by atoms with van der Waals surface area (Å²) in [6, 6.07) is 14.1. The molecule has 3 nitrogen and oxygen atoms in total. The first kappa shape index (κ1) is 22.7. The van der Waals surface area contributed by atoms with Crippen LogP contribution in [0, 0.1) is 5.82 Å². The van der Waals surface area contributed by atoms with Crippen LogP contribution in [0.1, 0.15) is 54.9 Å². The summed E-state index contributed by atoms with van der Waals surface area (Å²) in [4.78, 5) is 12.4. The van der Waals surface area contributed by atoms with Gasteiger partial charge in [-0.1, -0.05) is 50.8 Å². The molecule has 0 radical (unpaired) electrons. The molecule has 164 valence electrons. The van der Waals surface area contributed by atoms with E-state index in [0.29, 0.717) is 10.9 Å². The van der Waals surface area contributed by atoms with Crippen molar-refractivity contribution in [3.8, 4) is 11.5 Å². The maximum atomic E-state index is 14.3. The Hall–Kier alpha value is -3.02. The van der Waals surface area contributed by atoms with E-state index in [9.17, 15) is 18.0 Å². The summed E-state index contributed by atoms with van der Waals surface area (Å²) < 4.78 is 48.6. The molecule has 3 aromatic rings. The number of ether oxygens (including phenoxy) is 2. The molecule has 3 rings (SSSR count). The Labute approximate surface area is 179 Å². The fraction of sp³-hybridized carbons (Fsp3) is 0.320. The predicted octanol–water partition coefficient (Wildman–Crippen LogP) is 7.31. The van der Waals surface area contributed by atoms with Crippen molar-refractivity contribution in [1.29, 1.82) is 0 Å². The van der Waals surface area contributed by atoms with E-state index in [1.807, 2.05) is 12.1 Å². The maximum Gasteiger partial charge on any atom is 0.387 e. The Kier molecular flexibility index (Phi) is 7.93. The van der Waals surface area contributed by atoms with Crippen molar-refractivity contribution in [2.45, 2.75) is 52.1 Å². The van der Waals surface area contributed by atoms with Crippen molar-refractivity contribution < 1.29 is 27.4 Å². The highest BCUT2D eigenvalue weighted by atomic mass is 19.3. The number of rotatable bonds is 10. The van der Waals surface area contributed by atoms with Crippen LogP contribution < -0.4 is 9.47 Å². The predicted molar refractivity (Wildman–Crippen MR) is 114 cm³/mol. The third-order valence-electron chi connectivity index (χ3n) is 5.08. The molecule has 0 heterocycles. The molecule has 0 N–H and O–H groups in total. The van der Waals surface area contributed by atoms with E-state index in [1.54, 1.807) is 12.1 Å². The van der Waals surface area contributed by atoms with Crippen molar-refractivity contribution in [2.24, 2.45) is 0 Å². The Morgan fingerprint density at radius 1 is 0.935 bits per heavy atom. The van der Waals surface area contributed by atoms with Crippen LogP contribution in [0.5, 0.6) is 11.5 Å². The molecule has 0 spiro atoms. The fourth-order valence-corrected chi connectivity index (χ4v) is 3.41. The largest absolute Gasteiger partial charge is 0.432 e. The van der Waals surface area contributed by atoms with Crippen LogP contribution in [-0.2, 0) is 6.42 Å². The minimum Gasteiger partial charge on any atom is -0.432 e. The first-order chi connectivity index (χ1) is 15.0. The van der Waals surface area contributed by atoms with Crippen LogP contribution in [0.4, 0.5) is 13.2 Å². The van der Waals surface area contributed by atoms with Gasteiger partial charge in [-0.3, -0.25) is 0 Å². The quantitative estimate of drug-likeness (QED) is 0.192. The highest BCUT2D eigenvalue weighted by Gasteiger charge is 2.14. The SMILES string of the molecule is CCCCCCCc1ccc(C(=O)Oc2ccc3c(F)c(OC(F)F)ccc3c2)cc1. The Balaban J connectivity index is 1.63. The number of unbranched alkanes of at least 4 members (excludes halogenated alkanes) is 4. The summed E-state index contributed by atoms with van der Waals surface area (Å²) in [6.07, 6.45) is 7.04. The van der Waals surface area contributed by atoms with Crippen LogP contribution >= 0.6 is 0 Å². The zero-order chi connectivity index (χ0) is 22.2. The monoisotopic (exact) mass is 430 g/mol. The second-order valence-electron chi connectivity index (χ2n) is 7.39. The standard InChI is InChI=1S/C25H25F3O3/c1-2-3-4-5-6-7-17-8-10-18(11-9-17)24(29)30-20-13-14-21-19(16-20)12-15-22(23(21)26)31-25(27)28/h8-16,25H,2-7H2,1H3. The van der Waals surface area contributed by atoms with Gasteiger partial charge in [0.2, 0.25) is 0 Å². The Morgan fingerprint density at radius 2 is 1.68 bits per heavy atom. The van der Waals surface area contributed by atoms with E-state index in [0.717, 1.165) is 18.9 Å². The zero-order valence-corrected chi connectivity index (χ0v) is 17.4. The minimum atomic E-state index is -3.11. The Bertz CT molecular complexity index is 1020. The van der Waals surface area contributed by atoms with E-state index >= 15 is 0 Å². The minimum absolute atomic E-state index is 0.0984. The molecular weight excluding hydrogens is 405 g/mol. The lowest BCUT2D eigenvalue weighted by molar-refractivity contribution is -0.0520. The lowest BCUT2D eigenvalue weighted by Gasteiger charge is -2.10. The molecule has 0 aromatic heterocycles. The number of hydrogen-bond acceptors (Lipinski definition) is 3. The molecular formula is C25H25F3O3. The molecule has 0 atom stereocenters. The fourth-order valence-electron chi connectivity index (χ4n) is 3.41. The number of fused-ring (bicyclic) bond motifs is 1. The average Bonchev–Trinajstić information content (AvgIpc) is 2.76. The first-order valence-corrected chi connectivity index (χ1v) is 10.5. The second-order valence-corrected chi connectivity index (χ2v) is 7.39. The topological polar surface area (TPSA) is 35.5 Å². The first-order valence-electron chi connectivity index (χ1n) is 10.5. The number of esters is 1. The van der Waals surface area contributed by atoms with Gasteiger partial charge in [0.05, 0.1) is 5.56 Å². The highest BCUT2D eigenvalue weighted by molar-refractivity contribution is 5.92. The number of benzene rings is 3. The Morgan fingerprint density at radius 3 is 2.39 bits per heavy atom. The molecule has 31 heavy (non-hydrogen) atoms. The van der Waals surface area contributed by atoms with Crippen molar-refractivity contribution in [1.82, 2.24) is 0 Å². The van der Waals surface area contributed by atoms with Gasteiger partial charge in [-0.15, -0.1) is 0 Å². The van der Waals surface area contributed by atoms with Gasteiger partial charge in [-0.05, 0) is 60.2 Å². The second kappa shape index (κ2) is 10.8. The average molecular weight is 430 g/mol. The van der Waals surface area contributed by atoms with Crippen LogP contribution in [0.25, 0.3) is 10.8 Å². The summed E-state index contributed by atoms with van der Waals surface area (Å²) in [5.74, 6) is -1.70. The van der Waals surface area contributed by atoms with Crippen molar-refractivity contribution in [3.05, 3.63) is 71.5 Å². The number of halogens is 3. The highest BCUT2D eigenvalue weighted by Crippen LogP contribution is 2.30. The van der Waals surface area contributed by atoms with Gasteiger partial charge < -0.3 is 9.47 Å². The number of alkyl halides is 2. The summed E-state index contributed by atoms with van der Waals surface area (Å²) in [5, 5.41) is 0.504. The molecule has 0 saturated carbocycles. The van der Waals surface area contributed by atoms with E-state index in [4.69, 9.17) is 4.74 Å². The molecule has 0 aliphatic rings. The molecule has 0 unspecified atom stereocenters. The third-order valence-corrected chi connectivity index (χ3v) is 5.08. The zero-order valence-electron chi connectivity index (χ0n) is 17.4. The van der Waals surface area contributed by atoms with E-state index in [2.05, 4.69) is 11.7 Å². The van der Waals surface area contributed by atoms with Crippen LogP contribution in [0.3, 0.4) is 0 Å². The number of aryl methyl sites for hydroxylation is 1. The van der Waals surface area contributed by atoms with Crippen LogP contribution in [-0.4, -0.2) is 12.6 Å². The summed E-state index contributed by atoms with van der Waals surface area (Å²) >= 11 is 0. The smallest absolute Gasteiger partial charge is 0.387 e. The van der Waals surface area contributed by atoms with Crippen LogP contribution in [0.15, 0.2) is 54.6 Å². The molecule has 3 aromatic carbocycles. The van der Waals surface area contributed by atoms with E-state index in [1.165, 1.54) is 55.5 Å². The molecule has 0 aliphatic heterocycles. The van der Waals surface area contributed by atoms with Gasteiger partial charge in [0.1, 0.15) is 5.75 Å². The molecule has 0 fully saturated rings. The molecule has 0 amide bonds. The summed E-state index contributed by atoms with van der Waals surface area (Å²) in [5.41, 5.74) is 1.60. The normalized spacial score (nSPS) is 11.1. The molecule has 6 heteroatoms. The van der Waals surface area contributed by atoms with Gasteiger partial charge in [-0.25, -0.2) is 9.18 Å². The van der Waals surface area contributed by atoms with Gasteiger partial charge >= 0.3 is 12.6 Å². The summed E-state index contributed by atoms with van der Waals surface area (Å²) in [7, 11) is 0. The van der Waals surface area contributed by atoms with Gasteiger partial charge in [0, 0.05) is 5.39 Å². The van der Waals surface area contributed by atoms with E-state index < -0.39 is 24.1 Å². The number of hydrogen-bond donors (Lipinski definition) is 0. The van der Waals surface area contributed by atoms with Gasteiger partial charge in [0.15, 0.2) is 11.6 Å². The number of carbonyl (C=O) groups is 1. The van der Waals surface area contributed by atoms with E-state index in [-0.39, 0.29) is 11.1 Å². The third kappa shape index (κ3) is 6.23. The van der Waals surface area contributed by atoms with Crippen molar-refractivity contribution >= 4 is 16.7 Å². The number of carbonyl (C=O) groups excluding carboxylic acids is 1. The van der Waals surface area contributed by atoms with Crippen molar-refractivity contribution in [3.63, 3.8) is 0 Å². The molecule has 0 bridgehead atoms. The van der Waals surface area contributed by atoms with Crippen LogP contribution in [0.2, 0.25) is 0 Å². The van der Waals surface area contributed by atoms with Gasteiger partial charge in [0.25, 0.3) is 0 Å². The lowest BCUT2D eigenvalue weighted by atomic mass is 10.0. The maximum absolute atomic E-state index is 14.3. The van der Waals surface area contributed by atoms with Crippen molar-refractivity contribution in [2.75, 3.05) is 0 Å². The molecule has 0 aliphatic carbocycles. The summed E-state index contributed by atoms with van der Waals surface area (Å²) in [6.45, 7) is -0.921.